The molecule has 0 amide bonds. The largest absolute Gasteiger partial charge is 0.469 e. The van der Waals surface area contributed by atoms with Gasteiger partial charge < -0.3 is 19.4 Å². The SMILES string of the molecule is CC1(C)Cc2occc2[C@@H](NC2CCN(C[C@H]3CCOC3)CC2)C1. The van der Waals surface area contributed by atoms with Crippen molar-refractivity contribution in [3.63, 3.8) is 0 Å². The fraction of sp³-hybridized carbons (Fsp3) is 0.800. The van der Waals surface area contributed by atoms with Crippen molar-refractivity contribution in [1.82, 2.24) is 10.2 Å². The highest BCUT2D eigenvalue weighted by atomic mass is 16.5. The van der Waals surface area contributed by atoms with Gasteiger partial charge in [0.05, 0.1) is 12.9 Å². The number of rotatable bonds is 4. The zero-order chi connectivity index (χ0) is 16.6. The van der Waals surface area contributed by atoms with Gasteiger partial charge in [0.15, 0.2) is 0 Å². The van der Waals surface area contributed by atoms with Crippen molar-refractivity contribution >= 4 is 0 Å². The van der Waals surface area contributed by atoms with Crippen LogP contribution in [0.2, 0.25) is 0 Å². The maximum absolute atomic E-state index is 5.74. The van der Waals surface area contributed by atoms with Crippen LogP contribution in [0.3, 0.4) is 0 Å². The lowest BCUT2D eigenvalue weighted by Gasteiger charge is -2.39. The Balaban J connectivity index is 1.31. The summed E-state index contributed by atoms with van der Waals surface area (Å²) in [4.78, 5) is 2.64. The van der Waals surface area contributed by atoms with Crippen LogP contribution in [0.4, 0.5) is 0 Å². The molecule has 4 heteroatoms. The molecule has 4 rings (SSSR count). The van der Waals surface area contributed by atoms with Crippen LogP contribution in [0.1, 0.15) is 56.9 Å². The molecule has 2 aliphatic heterocycles. The van der Waals surface area contributed by atoms with Crippen molar-refractivity contribution in [3.05, 3.63) is 23.7 Å². The van der Waals surface area contributed by atoms with Gasteiger partial charge in [-0.25, -0.2) is 0 Å². The molecule has 4 nitrogen and oxygen atoms in total. The highest BCUT2D eigenvalue weighted by Crippen LogP contribution is 2.41. The van der Waals surface area contributed by atoms with Gasteiger partial charge in [-0.2, -0.15) is 0 Å². The normalized spacial score (nSPS) is 31.2. The third kappa shape index (κ3) is 3.71. The number of nitrogens with zero attached hydrogens (tertiary/aromatic N) is 1. The number of ether oxygens (including phenoxy) is 1. The molecule has 3 heterocycles. The van der Waals surface area contributed by atoms with E-state index in [1.54, 1.807) is 0 Å². The predicted octanol–water partition coefficient (Wildman–Crippen LogP) is 3.38. The summed E-state index contributed by atoms with van der Waals surface area (Å²) < 4.78 is 11.3. The van der Waals surface area contributed by atoms with Crippen molar-refractivity contribution in [2.75, 3.05) is 32.8 Å². The lowest BCUT2D eigenvalue weighted by molar-refractivity contribution is 0.139. The second-order valence-electron chi connectivity index (χ2n) is 8.87. The van der Waals surface area contributed by atoms with Crippen LogP contribution in [0.25, 0.3) is 0 Å². The van der Waals surface area contributed by atoms with Crippen molar-refractivity contribution in [3.8, 4) is 0 Å². The van der Waals surface area contributed by atoms with Gasteiger partial charge in [0.25, 0.3) is 0 Å². The quantitative estimate of drug-likeness (QED) is 0.917. The minimum absolute atomic E-state index is 0.325. The second kappa shape index (κ2) is 6.81. The van der Waals surface area contributed by atoms with Crippen LogP contribution < -0.4 is 5.32 Å². The lowest BCUT2D eigenvalue weighted by Crippen LogP contribution is -2.46. The third-order valence-electron chi connectivity index (χ3n) is 6.12. The molecule has 24 heavy (non-hydrogen) atoms. The molecule has 1 N–H and O–H groups in total. The Morgan fingerprint density at radius 3 is 2.83 bits per heavy atom. The molecule has 1 aromatic heterocycles. The summed E-state index contributed by atoms with van der Waals surface area (Å²) in [5, 5.41) is 3.96. The molecule has 0 aromatic carbocycles. The van der Waals surface area contributed by atoms with Crippen LogP contribution in [0.5, 0.6) is 0 Å². The average molecular weight is 332 g/mol. The lowest BCUT2D eigenvalue weighted by atomic mass is 9.74. The van der Waals surface area contributed by atoms with Gasteiger partial charge >= 0.3 is 0 Å². The fourth-order valence-corrected chi connectivity index (χ4v) is 4.78. The van der Waals surface area contributed by atoms with E-state index in [2.05, 4.69) is 30.1 Å². The Morgan fingerprint density at radius 1 is 1.25 bits per heavy atom. The van der Waals surface area contributed by atoms with Gasteiger partial charge in [0, 0.05) is 37.2 Å². The third-order valence-corrected chi connectivity index (χ3v) is 6.12. The van der Waals surface area contributed by atoms with Crippen LogP contribution >= 0.6 is 0 Å². The molecular weight excluding hydrogens is 300 g/mol. The van der Waals surface area contributed by atoms with Gasteiger partial charge in [-0.05, 0) is 56.2 Å². The van der Waals surface area contributed by atoms with E-state index in [9.17, 15) is 0 Å². The van der Waals surface area contributed by atoms with Crippen LogP contribution in [-0.2, 0) is 11.2 Å². The topological polar surface area (TPSA) is 37.6 Å². The molecule has 0 unspecified atom stereocenters. The summed E-state index contributed by atoms with van der Waals surface area (Å²) >= 11 is 0. The number of fused-ring (bicyclic) bond motifs is 1. The Labute approximate surface area is 145 Å². The number of nitrogens with one attached hydrogen (secondary N) is 1. The van der Waals surface area contributed by atoms with Crippen LogP contribution in [-0.4, -0.2) is 43.8 Å². The summed E-state index contributed by atoms with van der Waals surface area (Å²) in [7, 11) is 0. The fourth-order valence-electron chi connectivity index (χ4n) is 4.78. The maximum Gasteiger partial charge on any atom is 0.109 e. The van der Waals surface area contributed by atoms with Gasteiger partial charge in [0.1, 0.15) is 5.76 Å². The summed E-state index contributed by atoms with van der Waals surface area (Å²) in [6.07, 6.45) is 7.91. The smallest absolute Gasteiger partial charge is 0.109 e. The van der Waals surface area contributed by atoms with Gasteiger partial charge in [-0.15, -0.1) is 0 Å². The molecular formula is C20H32N2O2. The van der Waals surface area contributed by atoms with E-state index in [1.165, 1.54) is 56.6 Å². The van der Waals surface area contributed by atoms with Crippen LogP contribution in [0.15, 0.2) is 16.7 Å². The monoisotopic (exact) mass is 332 g/mol. The molecule has 1 aromatic rings. The molecule has 0 spiro atoms. The van der Waals surface area contributed by atoms with Crippen molar-refractivity contribution in [2.45, 2.75) is 58.0 Å². The highest BCUT2D eigenvalue weighted by molar-refractivity contribution is 5.26. The molecule has 2 fully saturated rings. The molecule has 0 radical (unpaired) electrons. The standard InChI is InChI=1S/C20H32N2O2/c1-20(2)11-18(17-6-10-24-19(17)12-20)21-16-3-7-22(8-4-16)13-15-5-9-23-14-15/h6,10,15-16,18,21H,3-5,7-9,11-14H2,1-2H3/t15-,18+/m1/s1. The van der Waals surface area contributed by atoms with E-state index >= 15 is 0 Å². The van der Waals surface area contributed by atoms with E-state index < -0.39 is 0 Å². The highest BCUT2D eigenvalue weighted by Gasteiger charge is 2.35. The Kier molecular flexibility index (Phi) is 4.72. The van der Waals surface area contributed by atoms with E-state index in [0.29, 0.717) is 17.5 Å². The van der Waals surface area contributed by atoms with Gasteiger partial charge in [0.2, 0.25) is 0 Å². The number of furan rings is 1. The number of piperidine rings is 1. The minimum atomic E-state index is 0.325. The molecule has 3 aliphatic rings. The number of hydrogen-bond acceptors (Lipinski definition) is 4. The molecule has 134 valence electrons. The summed E-state index contributed by atoms with van der Waals surface area (Å²) in [5.74, 6) is 1.96. The number of hydrogen-bond donors (Lipinski definition) is 1. The Hall–Kier alpha value is -0.840. The van der Waals surface area contributed by atoms with E-state index in [1.807, 2.05) is 6.26 Å². The van der Waals surface area contributed by atoms with Gasteiger partial charge in [-0.1, -0.05) is 13.8 Å². The van der Waals surface area contributed by atoms with E-state index in [4.69, 9.17) is 9.15 Å². The van der Waals surface area contributed by atoms with E-state index in [-0.39, 0.29) is 0 Å². The minimum Gasteiger partial charge on any atom is -0.469 e. The summed E-state index contributed by atoms with van der Waals surface area (Å²) in [6.45, 7) is 10.3. The Bertz CT molecular complexity index is 540. The summed E-state index contributed by atoms with van der Waals surface area (Å²) in [6, 6.07) is 3.28. The van der Waals surface area contributed by atoms with E-state index in [0.717, 1.165) is 25.6 Å². The predicted molar refractivity (Wildman–Crippen MR) is 95.1 cm³/mol. The summed E-state index contributed by atoms with van der Waals surface area (Å²) in [5.41, 5.74) is 1.73. The first-order chi connectivity index (χ1) is 11.6. The van der Waals surface area contributed by atoms with Crippen molar-refractivity contribution in [2.24, 2.45) is 11.3 Å². The first kappa shape index (κ1) is 16.6. The molecule has 0 saturated carbocycles. The van der Waals surface area contributed by atoms with Gasteiger partial charge in [-0.3, -0.25) is 0 Å². The zero-order valence-electron chi connectivity index (χ0n) is 15.2. The molecule has 0 bridgehead atoms. The Morgan fingerprint density at radius 2 is 2.08 bits per heavy atom. The molecule has 2 saturated heterocycles. The first-order valence-electron chi connectivity index (χ1n) is 9.71. The van der Waals surface area contributed by atoms with Crippen molar-refractivity contribution < 1.29 is 9.15 Å². The molecule has 2 atom stereocenters. The average Bonchev–Trinajstić information content (AvgIpc) is 3.19. The number of likely N-dealkylation sites (tertiary alicyclic amines) is 1. The van der Waals surface area contributed by atoms with Crippen LogP contribution in [0, 0.1) is 11.3 Å². The molecule has 1 aliphatic carbocycles. The first-order valence-corrected chi connectivity index (χ1v) is 9.71. The van der Waals surface area contributed by atoms with Crippen molar-refractivity contribution in [1.29, 1.82) is 0 Å². The maximum atomic E-state index is 5.74. The second-order valence-corrected chi connectivity index (χ2v) is 8.87. The zero-order valence-corrected chi connectivity index (χ0v) is 15.2.